The standard InChI is InChI=1S/C12H22N2O/c1-2-14(11-7-8-11)12(15)9-3-5-10(13)6-4-9/h9-11H,2-8,13H2,1H3. The highest BCUT2D eigenvalue weighted by Gasteiger charge is 2.35. The molecule has 0 aromatic rings. The van der Waals surface area contributed by atoms with Gasteiger partial charge in [0.25, 0.3) is 0 Å². The lowest BCUT2D eigenvalue weighted by molar-refractivity contribution is -0.137. The van der Waals surface area contributed by atoms with Crippen molar-refractivity contribution in [3.63, 3.8) is 0 Å². The number of carbonyl (C=O) groups excluding carboxylic acids is 1. The summed E-state index contributed by atoms with van der Waals surface area (Å²) < 4.78 is 0. The monoisotopic (exact) mass is 210 g/mol. The number of nitrogens with two attached hydrogens (primary N) is 1. The maximum atomic E-state index is 12.2. The molecule has 1 amide bonds. The molecule has 0 aromatic carbocycles. The van der Waals surface area contributed by atoms with Gasteiger partial charge in [-0.2, -0.15) is 0 Å². The molecule has 2 fully saturated rings. The Kier molecular flexibility index (Phi) is 3.29. The Labute approximate surface area is 92.0 Å². The lowest BCUT2D eigenvalue weighted by Gasteiger charge is -2.30. The molecule has 0 atom stereocenters. The highest BCUT2D eigenvalue weighted by atomic mass is 16.2. The fourth-order valence-corrected chi connectivity index (χ4v) is 2.58. The molecule has 0 radical (unpaired) electrons. The summed E-state index contributed by atoms with van der Waals surface area (Å²) in [5, 5.41) is 0. The molecule has 0 aliphatic heterocycles. The van der Waals surface area contributed by atoms with Crippen molar-refractivity contribution in [2.24, 2.45) is 11.7 Å². The van der Waals surface area contributed by atoms with E-state index < -0.39 is 0 Å². The molecule has 3 heteroatoms. The zero-order chi connectivity index (χ0) is 10.8. The minimum Gasteiger partial charge on any atom is -0.340 e. The van der Waals surface area contributed by atoms with Gasteiger partial charge >= 0.3 is 0 Å². The first-order valence-electron chi connectivity index (χ1n) is 6.28. The van der Waals surface area contributed by atoms with Gasteiger partial charge < -0.3 is 10.6 Å². The lowest BCUT2D eigenvalue weighted by Crippen LogP contribution is -2.40. The summed E-state index contributed by atoms with van der Waals surface area (Å²) in [5.74, 6) is 0.664. The van der Waals surface area contributed by atoms with E-state index in [1.807, 2.05) is 0 Å². The first-order chi connectivity index (χ1) is 7.22. The van der Waals surface area contributed by atoms with E-state index in [9.17, 15) is 4.79 Å². The zero-order valence-corrected chi connectivity index (χ0v) is 9.61. The van der Waals surface area contributed by atoms with E-state index in [2.05, 4.69) is 11.8 Å². The van der Waals surface area contributed by atoms with Crippen molar-refractivity contribution in [2.45, 2.75) is 57.5 Å². The second kappa shape index (κ2) is 4.52. The molecule has 0 unspecified atom stereocenters. The van der Waals surface area contributed by atoms with E-state index in [4.69, 9.17) is 5.73 Å². The summed E-state index contributed by atoms with van der Waals surface area (Å²) in [4.78, 5) is 14.3. The average molecular weight is 210 g/mol. The molecule has 0 bridgehead atoms. The van der Waals surface area contributed by atoms with Gasteiger partial charge in [-0.15, -0.1) is 0 Å². The van der Waals surface area contributed by atoms with Crippen molar-refractivity contribution in [3.8, 4) is 0 Å². The predicted molar refractivity (Wildman–Crippen MR) is 60.3 cm³/mol. The van der Waals surface area contributed by atoms with Crippen LogP contribution in [0.4, 0.5) is 0 Å². The second-order valence-corrected chi connectivity index (χ2v) is 4.97. The maximum Gasteiger partial charge on any atom is 0.225 e. The number of carbonyl (C=O) groups is 1. The van der Waals surface area contributed by atoms with Crippen LogP contribution >= 0.6 is 0 Å². The van der Waals surface area contributed by atoms with E-state index in [0.717, 1.165) is 32.2 Å². The molecule has 0 aromatic heterocycles. The van der Waals surface area contributed by atoms with Gasteiger partial charge in [-0.05, 0) is 45.4 Å². The van der Waals surface area contributed by atoms with Crippen molar-refractivity contribution in [3.05, 3.63) is 0 Å². The number of nitrogens with zero attached hydrogens (tertiary/aromatic N) is 1. The van der Waals surface area contributed by atoms with Gasteiger partial charge in [-0.1, -0.05) is 0 Å². The minimum absolute atomic E-state index is 0.269. The molecule has 2 rings (SSSR count). The van der Waals surface area contributed by atoms with Gasteiger partial charge in [0.15, 0.2) is 0 Å². The minimum atomic E-state index is 0.269. The highest BCUT2D eigenvalue weighted by molar-refractivity contribution is 5.79. The van der Waals surface area contributed by atoms with E-state index in [1.54, 1.807) is 0 Å². The SMILES string of the molecule is CCN(C(=O)C1CCC(N)CC1)C1CC1. The predicted octanol–water partition coefficient (Wildman–Crippen LogP) is 1.51. The third-order valence-corrected chi connectivity index (χ3v) is 3.73. The topological polar surface area (TPSA) is 46.3 Å². The smallest absolute Gasteiger partial charge is 0.225 e. The van der Waals surface area contributed by atoms with Crippen LogP contribution in [0.15, 0.2) is 0 Å². The molecule has 0 spiro atoms. The summed E-state index contributed by atoms with van der Waals surface area (Å²) in [7, 11) is 0. The summed E-state index contributed by atoms with van der Waals surface area (Å²) in [6.07, 6.45) is 6.49. The maximum absolute atomic E-state index is 12.2. The van der Waals surface area contributed by atoms with Gasteiger partial charge in [0.05, 0.1) is 0 Å². The fourth-order valence-electron chi connectivity index (χ4n) is 2.58. The quantitative estimate of drug-likeness (QED) is 0.767. The molecule has 2 aliphatic carbocycles. The molecular formula is C12H22N2O. The van der Waals surface area contributed by atoms with Gasteiger partial charge in [-0.25, -0.2) is 0 Å². The van der Waals surface area contributed by atoms with Crippen LogP contribution in [-0.2, 0) is 4.79 Å². The molecule has 2 N–H and O–H groups in total. The van der Waals surface area contributed by atoms with E-state index in [1.165, 1.54) is 12.8 Å². The Balaban J connectivity index is 1.88. The third kappa shape index (κ3) is 2.51. The zero-order valence-electron chi connectivity index (χ0n) is 9.61. The Morgan fingerprint density at radius 2 is 1.80 bits per heavy atom. The molecule has 2 saturated carbocycles. The Hall–Kier alpha value is -0.570. The van der Waals surface area contributed by atoms with E-state index in [-0.39, 0.29) is 5.92 Å². The fraction of sp³-hybridized carbons (Fsp3) is 0.917. The van der Waals surface area contributed by atoms with Crippen LogP contribution < -0.4 is 5.73 Å². The number of rotatable bonds is 3. The second-order valence-electron chi connectivity index (χ2n) is 4.97. The van der Waals surface area contributed by atoms with E-state index in [0.29, 0.717) is 18.0 Å². The molecular weight excluding hydrogens is 188 g/mol. The van der Waals surface area contributed by atoms with Crippen molar-refractivity contribution in [1.82, 2.24) is 4.90 Å². The summed E-state index contributed by atoms with van der Waals surface area (Å²) in [5.41, 5.74) is 5.85. The molecule has 15 heavy (non-hydrogen) atoms. The highest BCUT2D eigenvalue weighted by Crippen LogP contribution is 2.31. The van der Waals surface area contributed by atoms with Crippen LogP contribution in [0, 0.1) is 5.92 Å². The first-order valence-corrected chi connectivity index (χ1v) is 6.28. The molecule has 3 nitrogen and oxygen atoms in total. The van der Waals surface area contributed by atoms with Gasteiger partial charge in [-0.3, -0.25) is 4.79 Å². The molecule has 2 aliphatic rings. The molecule has 0 heterocycles. The van der Waals surface area contributed by atoms with Gasteiger partial charge in [0.2, 0.25) is 5.91 Å². The summed E-state index contributed by atoms with van der Waals surface area (Å²) in [6, 6.07) is 0.906. The number of hydrogen-bond donors (Lipinski definition) is 1. The van der Waals surface area contributed by atoms with Crippen LogP contribution in [0.3, 0.4) is 0 Å². The molecule has 0 saturated heterocycles. The lowest BCUT2D eigenvalue weighted by atomic mass is 9.85. The van der Waals surface area contributed by atoms with Crippen molar-refractivity contribution in [2.75, 3.05) is 6.54 Å². The Bertz CT molecular complexity index is 230. The largest absolute Gasteiger partial charge is 0.340 e. The van der Waals surface area contributed by atoms with Gasteiger partial charge in [0, 0.05) is 24.5 Å². The normalized spacial score (nSPS) is 31.3. The van der Waals surface area contributed by atoms with Crippen LogP contribution in [0.2, 0.25) is 0 Å². The van der Waals surface area contributed by atoms with E-state index >= 15 is 0 Å². The van der Waals surface area contributed by atoms with Crippen LogP contribution in [0.25, 0.3) is 0 Å². The van der Waals surface area contributed by atoms with Crippen molar-refractivity contribution < 1.29 is 4.79 Å². The van der Waals surface area contributed by atoms with Crippen molar-refractivity contribution in [1.29, 1.82) is 0 Å². The number of hydrogen-bond acceptors (Lipinski definition) is 2. The average Bonchev–Trinajstić information content (AvgIpc) is 3.04. The van der Waals surface area contributed by atoms with Crippen LogP contribution in [0.5, 0.6) is 0 Å². The number of amides is 1. The van der Waals surface area contributed by atoms with Crippen LogP contribution in [-0.4, -0.2) is 29.4 Å². The summed E-state index contributed by atoms with van der Waals surface area (Å²) in [6.45, 7) is 2.97. The summed E-state index contributed by atoms with van der Waals surface area (Å²) >= 11 is 0. The molecule has 86 valence electrons. The Morgan fingerprint density at radius 1 is 1.20 bits per heavy atom. The van der Waals surface area contributed by atoms with Crippen LogP contribution in [0.1, 0.15) is 45.4 Å². The van der Waals surface area contributed by atoms with Crippen molar-refractivity contribution >= 4 is 5.91 Å². The Morgan fingerprint density at radius 3 is 2.27 bits per heavy atom. The van der Waals surface area contributed by atoms with Gasteiger partial charge in [0.1, 0.15) is 0 Å². The third-order valence-electron chi connectivity index (χ3n) is 3.73. The first kappa shape index (κ1) is 10.9.